The largest absolute Gasteiger partial charge is 0.354 e. The van der Waals surface area contributed by atoms with Crippen LogP contribution in [0.4, 0.5) is 5.82 Å². The lowest BCUT2D eigenvalue weighted by Gasteiger charge is -2.24. The van der Waals surface area contributed by atoms with Crippen molar-refractivity contribution in [3.8, 4) is 6.07 Å². The van der Waals surface area contributed by atoms with Crippen LogP contribution >= 0.6 is 0 Å². The van der Waals surface area contributed by atoms with Crippen LogP contribution in [0.3, 0.4) is 0 Å². The molecule has 1 unspecified atom stereocenters. The van der Waals surface area contributed by atoms with Gasteiger partial charge in [-0.05, 0) is 31.4 Å². The van der Waals surface area contributed by atoms with Crippen LogP contribution in [0.15, 0.2) is 18.2 Å². The Hall–Kier alpha value is -1.56. The molecule has 2 heterocycles. The number of rotatable bonds is 2. The summed E-state index contributed by atoms with van der Waals surface area (Å²) in [6.45, 7) is 3.28. The first-order valence-electron chi connectivity index (χ1n) is 5.49. The van der Waals surface area contributed by atoms with E-state index in [4.69, 9.17) is 5.26 Å². The summed E-state index contributed by atoms with van der Waals surface area (Å²) in [7, 11) is 0. The average molecular weight is 201 g/mol. The molecule has 0 aliphatic carbocycles. The van der Waals surface area contributed by atoms with E-state index in [1.54, 1.807) is 6.07 Å². The molecule has 78 valence electrons. The molecule has 0 N–H and O–H groups in total. The molecule has 1 aromatic rings. The Kier molecular flexibility index (Phi) is 2.86. The smallest absolute Gasteiger partial charge is 0.142 e. The highest BCUT2D eigenvalue weighted by molar-refractivity contribution is 5.43. The Morgan fingerprint density at radius 3 is 3.20 bits per heavy atom. The van der Waals surface area contributed by atoms with Crippen molar-refractivity contribution in [1.82, 2.24) is 4.98 Å². The number of hydrogen-bond acceptors (Lipinski definition) is 3. The molecular formula is C12H15N3. The van der Waals surface area contributed by atoms with Gasteiger partial charge in [-0.15, -0.1) is 0 Å². The lowest BCUT2D eigenvalue weighted by molar-refractivity contribution is 0.640. The van der Waals surface area contributed by atoms with E-state index in [-0.39, 0.29) is 0 Å². The summed E-state index contributed by atoms with van der Waals surface area (Å²) < 4.78 is 0. The van der Waals surface area contributed by atoms with Gasteiger partial charge in [-0.2, -0.15) is 5.26 Å². The molecule has 1 saturated heterocycles. The minimum Gasteiger partial charge on any atom is -0.354 e. The average Bonchev–Trinajstić information content (AvgIpc) is 2.77. The second-order valence-electron chi connectivity index (χ2n) is 3.89. The van der Waals surface area contributed by atoms with Crippen molar-refractivity contribution in [1.29, 1.82) is 5.26 Å². The molecule has 1 aromatic heterocycles. The van der Waals surface area contributed by atoms with E-state index in [1.807, 2.05) is 12.1 Å². The number of anilines is 1. The molecular weight excluding hydrogens is 186 g/mol. The highest BCUT2D eigenvalue weighted by atomic mass is 15.2. The molecule has 0 radical (unpaired) electrons. The van der Waals surface area contributed by atoms with E-state index in [0.717, 1.165) is 18.8 Å². The first-order chi connectivity index (χ1) is 7.35. The van der Waals surface area contributed by atoms with Gasteiger partial charge in [0.15, 0.2) is 0 Å². The number of nitrogens with zero attached hydrogens (tertiary/aromatic N) is 3. The third kappa shape index (κ3) is 1.94. The lowest BCUT2D eigenvalue weighted by atomic mass is 10.2. The second kappa shape index (κ2) is 4.31. The summed E-state index contributed by atoms with van der Waals surface area (Å²) in [4.78, 5) is 6.66. The van der Waals surface area contributed by atoms with Crippen LogP contribution in [-0.4, -0.2) is 17.6 Å². The van der Waals surface area contributed by atoms with Crippen LogP contribution in [-0.2, 0) is 0 Å². The van der Waals surface area contributed by atoms with Gasteiger partial charge in [-0.3, -0.25) is 0 Å². The van der Waals surface area contributed by atoms with Crippen molar-refractivity contribution in [3.63, 3.8) is 0 Å². The quantitative estimate of drug-likeness (QED) is 0.737. The molecule has 3 nitrogen and oxygen atoms in total. The predicted molar refractivity (Wildman–Crippen MR) is 59.6 cm³/mol. The maximum Gasteiger partial charge on any atom is 0.142 e. The molecule has 0 saturated carbocycles. The Morgan fingerprint density at radius 2 is 2.47 bits per heavy atom. The summed E-state index contributed by atoms with van der Waals surface area (Å²) in [6.07, 6.45) is 3.63. The monoisotopic (exact) mass is 201 g/mol. The second-order valence-corrected chi connectivity index (χ2v) is 3.89. The van der Waals surface area contributed by atoms with E-state index in [0.29, 0.717) is 11.7 Å². The summed E-state index contributed by atoms with van der Waals surface area (Å²) in [5, 5.41) is 8.80. The van der Waals surface area contributed by atoms with Gasteiger partial charge in [0.05, 0.1) is 0 Å². The van der Waals surface area contributed by atoms with Crippen molar-refractivity contribution < 1.29 is 0 Å². The molecule has 3 heteroatoms. The molecule has 0 aromatic carbocycles. The highest BCUT2D eigenvalue weighted by Gasteiger charge is 2.23. The molecule has 1 fully saturated rings. The normalized spacial score (nSPS) is 20.3. The zero-order valence-electron chi connectivity index (χ0n) is 8.98. The summed E-state index contributed by atoms with van der Waals surface area (Å²) in [5.74, 6) is 0.957. The zero-order valence-corrected chi connectivity index (χ0v) is 8.98. The van der Waals surface area contributed by atoms with Crippen LogP contribution in [0.25, 0.3) is 0 Å². The van der Waals surface area contributed by atoms with Crippen molar-refractivity contribution in [2.45, 2.75) is 32.2 Å². The maximum atomic E-state index is 8.80. The zero-order chi connectivity index (χ0) is 10.7. The van der Waals surface area contributed by atoms with Crippen molar-refractivity contribution in [3.05, 3.63) is 23.9 Å². The summed E-state index contributed by atoms with van der Waals surface area (Å²) in [5.41, 5.74) is 0.509. The standard InChI is InChI=1S/C12H15N3/c1-2-11-6-4-8-15(11)12-7-3-5-10(9-13)14-12/h3,5,7,11H,2,4,6,8H2,1H3. The number of nitriles is 1. The van der Waals surface area contributed by atoms with Crippen molar-refractivity contribution >= 4 is 5.82 Å². The highest BCUT2D eigenvalue weighted by Crippen LogP contribution is 2.25. The number of hydrogen-bond donors (Lipinski definition) is 0. The molecule has 1 aliphatic heterocycles. The third-order valence-electron chi connectivity index (χ3n) is 2.99. The van der Waals surface area contributed by atoms with Gasteiger partial charge in [-0.25, -0.2) is 4.98 Å². The first kappa shape index (κ1) is 9.97. The molecule has 1 aliphatic rings. The van der Waals surface area contributed by atoms with Crippen molar-refractivity contribution in [2.24, 2.45) is 0 Å². The lowest BCUT2D eigenvalue weighted by Crippen LogP contribution is -2.29. The fraction of sp³-hybridized carbons (Fsp3) is 0.500. The number of aromatic nitrogens is 1. The van der Waals surface area contributed by atoms with Gasteiger partial charge in [0.1, 0.15) is 17.6 Å². The number of pyridine rings is 1. The van der Waals surface area contributed by atoms with Crippen LogP contribution in [0.1, 0.15) is 31.9 Å². The maximum absolute atomic E-state index is 8.80. The van der Waals surface area contributed by atoms with Gasteiger partial charge in [0.2, 0.25) is 0 Å². The molecule has 0 amide bonds. The van der Waals surface area contributed by atoms with Crippen LogP contribution in [0, 0.1) is 11.3 Å². The minimum absolute atomic E-state index is 0.509. The van der Waals surface area contributed by atoms with E-state index in [9.17, 15) is 0 Å². The Morgan fingerprint density at radius 1 is 1.60 bits per heavy atom. The fourth-order valence-electron chi connectivity index (χ4n) is 2.21. The molecule has 2 rings (SSSR count). The Labute approximate surface area is 90.4 Å². The van der Waals surface area contributed by atoms with E-state index >= 15 is 0 Å². The fourth-order valence-corrected chi connectivity index (χ4v) is 2.21. The van der Waals surface area contributed by atoms with Gasteiger partial charge >= 0.3 is 0 Å². The predicted octanol–water partition coefficient (Wildman–Crippen LogP) is 2.33. The van der Waals surface area contributed by atoms with E-state index in [1.165, 1.54) is 12.8 Å². The first-order valence-corrected chi connectivity index (χ1v) is 5.49. The van der Waals surface area contributed by atoms with Crippen LogP contribution in [0.2, 0.25) is 0 Å². The van der Waals surface area contributed by atoms with Crippen molar-refractivity contribution in [2.75, 3.05) is 11.4 Å². The molecule has 15 heavy (non-hydrogen) atoms. The van der Waals surface area contributed by atoms with Gasteiger partial charge in [-0.1, -0.05) is 13.0 Å². The third-order valence-corrected chi connectivity index (χ3v) is 2.99. The van der Waals surface area contributed by atoms with Crippen LogP contribution in [0.5, 0.6) is 0 Å². The SMILES string of the molecule is CCC1CCCN1c1cccc(C#N)n1. The molecule has 0 spiro atoms. The topological polar surface area (TPSA) is 39.9 Å². The van der Waals surface area contributed by atoms with Gasteiger partial charge in [0.25, 0.3) is 0 Å². The Bertz CT molecular complexity index is 381. The van der Waals surface area contributed by atoms with Gasteiger partial charge in [0, 0.05) is 12.6 Å². The van der Waals surface area contributed by atoms with Crippen LogP contribution < -0.4 is 4.90 Å². The molecule has 1 atom stereocenters. The Balaban J connectivity index is 2.25. The summed E-state index contributed by atoms with van der Waals surface area (Å²) >= 11 is 0. The van der Waals surface area contributed by atoms with E-state index in [2.05, 4.69) is 22.9 Å². The minimum atomic E-state index is 0.509. The summed E-state index contributed by atoms with van der Waals surface area (Å²) in [6, 6.07) is 8.34. The molecule has 0 bridgehead atoms. The van der Waals surface area contributed by atoms with E-state index < -0.39 is 0 Å². The van der Waals surface area contributed by atoms with Gasteiger partial charge < -0.3 is 4.90 Å².